The smallest absolute Gasteiger partial charge is 0.223 e. The molecule has 0 radical (unpaired) electrons. The van der Waals surface area contributed by atoms with E-state index >= 15 is 0 Å². The Kier molecular flexibility index (Phi) is 2.83. The van der Waals surface area contributed by atoms with E-state index in [2.05, 4.69) is 20.4 Å². The van der Waals surface area contributed by atoms with Crippen molar-refractivity contribution in [2.24, 2.45) is 0 Å². The van der Waals surface area contributed by atoms with E-state index in [9.17, 15) is 0 Å². The normalized spacial score (nSPS) is 11.1. The molecule has 7 heteroatoms. The van der Waals surface area contributed by atoms with E-state index in [1.807, 2.05) is 26.0 Å². The number of rotatable bonds is 3. The fourth-order valence-electron chi connectivity index (χ4n) is 1.86. The second-order valence-electron chi connectivity index (χ2n) is 4.29. The summed E-state index contributed by atoms with van der Waals surface area (Å²) < 4.78 is 5.15. The van der Waals surface area contributed by atoms with Crippen LogP contribution in [0.25, 0.3) is 10.2 Å². The van der Waals surface area contributed by atoms with E-state index in [-0.39, 0.29) is 5.95 Å². The Bertz CT molecular complexity index is 733. The summed E-state index contributed by atoms with van der Waals surface area (Å²) in [7, 11) is 0. The first-order valence-electron chi connectivity index (χ1n) is 5.81. The van der Waals surface area contributed by atoms with Crippen LogP contribution in [0.15, 0.2) is 16.7 Å². The van der Waals surface area contributed by atoms with Gasteiger partial charge in [0.05, 0.1) is 17.6 Å². The van der Waals surface area contributed by atoms with Crippen LogP contribution in [0.3, 0.4) is 0 Å². The summed E-state index contributed by atoms with van der Waals surface area (Å²) in [6, 6.07) is 3.93. The number of aryl methyl sites for hydroxylation is 2. The van der Waals surface area contributed by atoms with Gasteiger partial charge in [0.15, 0.2) is 5.76 Å². The molecule has 0 aliphatic carbocycles. The molecule has 0 saturated carbocycles. The molecule has 0 atom stereocenters. The zero-order valence-electron chi connectivity index (χ0n) is 10.6. The summed E-state index contributed by atoms with van der Waals surface area (Å²) in [5.41, 5.74) is 6.57. The highest BCUT2D eigenvalue weighted by atomic mass is 32.1. The SMILES string of the molecule is Cc1cc(CNc2nc(N)nc3sc(C)cc23)on1. The second kappa shape index (κ2) is 4.51. The van der Waals surface area contributed by atoms with Crippen molar-refractivity contribution < 1.29 is 4.52 Å². The Morgan fingerprint density at radius 3 is 2.89 bits per heavy atom. The van der Waals surface area contributed by atoms with Gasteiger partial charge in [-0.3, -0.25) is 0 Å². The second-order valence-corrected chi connectivity index (χ2v) is 5.53. The highest BCUT2D eigenvalue weighted by Gasteiger charge is 2.10. The van der Waals surface area contributed by atoms with Crippen molar-refractivity contribution in [3.63, 3.8) is 0 Å². The maximum Gasteiger partial charge on any atom is 0.223 e. The van der Waals surface area contributed by atoms with Crippen LogP contribution in [-0.4, -0.2) is 15.1 Å². The molecule has 3 rings (SSSR count). The number of thiophene rings is 1. The van der Waals surface area contributed by atoms with Crippen LogP contribution >= 0.6 is 11.3 Å². The van der Waals surface area contributed by atoms with Crippen molar-refractivity contribution in [3.8, 4) is 0 Å². The third-order valence-electron chi connectivity index (χ3n) is 2.64. The maximum absolute atomic E-state index is 5.72. The third-order valence-corrected chi connectivity index (χ3v) is 3.58. The molecule has 0 bridgehead atoms. The van der Waals surface area contributed by atoms with Gasteiger partial charge in [-0.1, -0.05) is 5.16 Å². The average Bonchev–Trinajstić information content (AvgIpc) is 2.91. The van der Waals surface area contributed by atoms with E-state index in [1.165, 1.54) is 4.88 Å². The number of anilines is 2. The molecule has 6 nitrogen and oxygen atoms in total. The van der Waals surface area contributed by atoms with Crippen molar-refractivity contribution in [3.05, 3.63) is 28.5 Å². The Morgan fingerprint density at radius 2 is 2.16 bits per heavy atom. The molecule has 0 amide bonds. The molecule has 98 valence electrons. The lowest BCUT2D eigenvalue weighted by atomic mass is 10.3. The first kappa shape index (κ1) is 11.9. The van der Waals surface area contributed by atoms with Crippen molar-refractivity contribution in [2.75, 3.05) is 11.1 Å². The van der Waals surface area contributed by atoms with Crippen molar-refractivity contribution in [1.29, 1.82) is 0 Å². The van der Waals surface area contributed by atoms with E-state index in [1.54, 1.807) is 11.3 Å². The number of hydrogen-bond acceptors (Lipinski definition) is 7. The molecular formula is C12H13N5OS. The van der Waals surface area contributed by atoms with E-state index < -0.39 is 0 Å². The standard InChI is InChI=1S/C12H13N5OS/c1-6-3-8(18-17-6)5-14-10-9-4-7(2)19-11(9)16-12(13)15-10/h3-4H,5H2,1-2H3,(H3,13,14,15,16). The van der Waals surface area contributed by atoms with Gasteiger partial charge < -0.3 is 15.6 Å². The largest absolute Gasteiger partial charge is 0.368 e. The molecule has 0 spiro atoms. The lowest BCUT2D eigenvalue weighted by molar-refractivity contribution is 0.384. The summed E-state index contributed by atoms with van der Waals surface area (Å²) in [4.78, 5) is 10.5. The molecule has 0 saturated heterocycles. The quantitative estimate of drug-likeness (QED) is 0.763. The van der Waals surface area contributed by atoms with Gasteiger partial charge in [-0.2, -0.15) is 4.98 Å². The molecule has 0 unspecified atom stereocenters. The van der Waals surface area contributed by atoms with Crippen LogP contribution in [0.5, 0.6) is 0 Å². The predicted molar refractivity (Wildman–Crippen MR) is 75.1 cm³/mol. The molecule has 19 heavy (non-hydrogen) atoms. The Morgan fingerprint density at radius 1 is 1.32 bits per heavy atom. The lowest BCUT2D eigenvalue weighted by Gasteiger charge is -2.05. The fourth-order valence-corrected chi connectivity index (χ4v) is 2.75. The molecule has 3 aromatic heterocycles. The fraction of sp³-hybridized carbons (Fsp3) is 0.250. The predicted octanol–water partition coefficient (Wildman–Crippen LogP) is 2.49. The molecule has 0 aliphatic rings. The number of aromatic nitrogens is 3. The van der Waals surface area contributed by atoms with Gasteiger partial charge in [0.25, 0.3) is 0 Å². The van der Waals surface area contributed by atoms with Gasteiger partial charge in [-0.15, -0.1) is 11.3 Å². The first-order chi connectivity index (χ1) is 9.11. The summed E-state index contributed by atoms with van der Waals surface area (Å²) in [6.07, 6.45) is 0. The minimum atomic E-state index is 0.269. The highest BCUT2D eigenvalue weighted by Crippen LogP contribution is 2.29. The number of nitrogen functional groups attached to an aromatic ring is 1. The molecule has 3 heterocycles. The van der Waals surface area contributed by atoms with E-state index in [4.69, 9.17) is 10.3 Å². The van der Waals surface area contributed by atoms with Gasteiger partial charge in [-0.05, 0) is 19.9 Å². The van der Waals surface area contributed by atoms with E-state index in [0.29, 0.717) is 6.54 Å². The lowest BCUT2D eigenvalue weighted by Crippen LogP contribution is -2.04. The number of nitrogens with one attached hydrogen (secondary N) is 1. The van der Waals surface area contributed by atoms with Crippen LogP contribution in [0.2, 0.25) is 0 Å². The minimum absolute atomic E-state index is 0.269. The maximum atomic E-state index is 5.72. The average molecular weight is 275 g/mol. The van der Waals surface area contributed by atoms with E-state index in [0.717, 1.165) is 27.5 Å². The summed E-state index contributed by atoms with van der Waals surface area (Å²) >= 11 is 1.60. The highest BCUT2D eigenvalue weighted by molar-refractivity contribution is 7.18. The number of fused-ring (bicyclic) bond motifs is 1. The van der Waals surface area contributed by atoms with Crippen LogP contribution in [-0.2, 0) is 6.54 Å². The summed E-state index contributed by atoms with van der Waals surface area (Å²) in [5, 5.41) is 8.04. The minimum Gasteiger partial charge on any atom is -0.368 e. The summed E-state index contributed by atoms with van der Waals surface area (Å²) in [5.74, 6) is 1.75. The van der Waals surface area contributed by atoms with Gasteiger partial charge in [0.2, 0.25) is 5.95 Å². The zero-order valence-corrected chi connectivity index (χ0v) is 11.4. The van der Waals surface area contributed by atoms with Gasteiger partial charge in [0.1, 0.15) is 10.6 Å². The van der Waals surface area contributed by atoms with Crippen LogP contribution in [0, 0.1) is 13.8 Å². The topological polar surface area (TPSA) is 89.9 Å². The van der Waals surface area contributed by atoms with Crippen molar-refractivity contribution in [1.82, 2.24) is 15.1 Å². The first-order valence-corrected chi connectivity index (χ1v) is 6.63. The van der Waals surface area contributed by atoms with Gasteiger partial charge >= 0.3 is 0 Å². The Balaban J connectivity index is 1.91. The molecule has 0 fully saturated rings. The van der Waals surface area contributed by atoms with Crippen molar-refractivity contribution in [2.45, 2.75) is 20.4 Å². The summed E-state index contributed by atoms with van der Waals surface area (Å²) in [6.45, 7) is 4.43. The molecule has 3 N–H and O–H groups in total. The molecule has 0 aliphatic heterocycles. The molecular weight excluding hydrogens is 262 g/mol. The van der Waals surface area contributed by atoms with Crippen molar-refractivity contribution >= 4 is 33.3 Å². The molecule has 0 aromatic carbocycles. The zero-order chi connectivity index (χ0) is 13.4. The molecule has 3 aromatic rings. The number of nitrogens with two attached hydrogens (primary N) is 1. The Hall–Kier alpha value is -2.15. The monoisotopic (exact) mass is 275 g/mol. The van der Waals surface area contributed by atoms with Crippen LogP contribution in [0.1, 0.15) is 16.3 Å². The third kappa shape index (κ3) is 2.37. The van der Waals surface area contributed by atoms with Gasteiger partial charge in [-0.25, -0.2) is 4.98 Å². The van der Waals surface area contributed by atoms with Gasteiger partial charge in [0, 0.05) is 10.9 Å². The van der Waals surface area contributed by atoms with Crippen LogP contribution < -0.4 is 11.1 Å². The number of nitrogens with zero attached hydrogens (tertiary/aromatic N) is 3. The van der Waals surface area contributed by atoms with Crippen LogP contribution in [0.4, 0.5) is 11.8 Å². The number of hydrogen-bond donors (Lipinski definition) is 2. The Labute approximate surface area is 113 Å².